The molecule has 0 aliphatic heterocycles. The van der Waals surface area contributed by atoms with Crippen molar-refractivity contribution in [2.75, 3.05) is 13.7 Å². The Hall–Kier alpha value is -3.06. The van der Waals surface area contributed by atoms with Crippen molar-refractivity contribution in [1.82, 2.24) is 14.7 Å². The molecule has 0 radical (unpaired) electrons. The lowest BCUT2D eigenvalue weighted by Gasteiger charge is -2.20. The standard InChI is InChI=1S/C24H29N3O3S/c1-6-27(24(28)12-10-21-17(2)25-26(4)18(21)3)15-19-9-11-22(23(14-19)29-5)30-16-20-8-7-13-31-20/h7-14H,6,15-16H2,1-5H3/b12-10+. The maximum Gasteiger partial charge on any atom is 0.246 e. The molecule has 164 valence electrons. The molecule has 1 aromatic carbocycles. The minimum atomic E-state index is -0.0397. The molecule has 0 saturated heterocycles. The van der Waals surface area contributed by atoms with Gasteiger partial charge in [-0.25, -0.2) is 0 Å². The van der Waals surface area contributed by atoms with Gasteiger partial charge in [0.25, 0.3) is 0 Å². The van der Waals surface area contributed by atoms with E-state index in [4.69, 9.17) is 9.47 Å². The number of hydrogen-bond donors (Lipinski definition) is 0. The first kappa shape index (κ1) is 22.6. The fraction of sp³-hybridized carbons (Fsp3) is 0.333. The average Bonchev–Trinajstić information content (AvgIpc) is 3.37. The number of benzene rings is 1. The number of aryl methyl sites for hydroxylation is 2. The molecule has 31 heavy (non-hydrogen) atoms. The highest BCUT2D eigenvalue weighted by Crippen LogP contribution is 2.30. The van der Waals surface area contributed by atoms with Gasteiger partial charge in [-0.05, 0) is 56.0 Å². The van der Waals surface area contributed by atoms with Gasteiger partial charge >= 0.3 is 0 Å². The number of amides is 1. The van der Waals surface area contributed by atoms with E-state index in [0.717, 1.165) is 27.4 Å². The van der Waals surface area contributed by atoms with E-state index in [0.29, 0.717) is 31.2 Å². The molecule has 6 nitrogen and oxygen atoms in total. The van der Waals surface area contributed by atoms with Crippen LogP contribution in [0.5, 0.6) is 11.5 Å². The lowest BCUT2D eigenvalue weighted by Crippen LogP contribution is -2.28. The van der Waals surface area contributed by atoms with E-state index < -0.39 is 0 Å². The molecule has 0 bridgehead atoms. The number of hydrogen-bond acceptors (Lipinski definition) is 5. The van der Waals surface area contributed by atoms with Crippen LogP contribution < -0.4 is 9.47 Å². The highest BCUT2D eigenvalue weighted by molar-refractivity contribution is 7.09. The Labute approximate surface area is 187 Å². The fourth-order valence-corrected chi connectivity index (χ4v) is 3.95. The minimum Gasteiger partial charge on any atom is -0.493 e. The zero-order valence-electron chi connectivity index (χ0n) is 18.7. The number of ether oxygens (including phenoxy) is 2. The lowest BCUT2D eigenvalue weighted by atomic mass is 10.1. The maximum atomic E-state index is 12.8. The molecule has 2 heterocycles. The SMILES string of the molecule is CCN(Cc1ccc(OCc2cccs2)c(OC)c1)C(=O)/C=C/c1c(C)nn(C)c1C. The largest absolute Gasteiger partial charge is 0.493 e. The van der Waals surface area contributed by atoms with Crippen molar-refractivity contribution >= 4 is 23.3 Å². The maximum absolute atomic E-state index is 12.8. The van der Waals surface area contributed by atoms with Gasteiger partial charge in [0.15, 0.2) is 11.5 Å². The van der Waals surface area contributed by atoms with Crippen LogP contribution in [0.4, 0.5) is 0 Å². The van der Waals surface area contributed by atoms with Crippen LogP contribution in [-0.4, -0.2) is 34.2 Å². The van der Waals surface area contributed by atoms with Crippen molar-refractivity contribution in [3.63, 3.8) is 0 Å². The van der Waals surface area contributed by atoms with Gasteiger partial charge in [0.1, 0.15) is 6.61 Å². The Morgan fingerprint density at radius 3 is 2.68 bits per heavy atom. The van der Waals surface area contributed by atoms with E-state index in [2.05, 4.69) is 5.10 Å². The quantitative estimate of drug-likeness (QED) is 0.452. The lowest BCUT2D eigenvalue weighted by molar-refractivity contribution is -0.126. The van der Waals surface area contributed by atoms with Crippen LogP contribution in [0.15, 0.2) is 41.8 Å². The molecule has 0 unspecified atom stereocenters. The van der Waals surface area contributed by atoms with E-state index in [1.165, 1.54) is 0 Å². The number of methoxy groups -OCH3 is 1. The van der Waals surface area contributed by atoms with Crippen LogP contribution in [0, 0.1) is 13.8 Å². The summed E-state index contributed by atoms with van der Waals surface area (Å²) < 4.78 is 13.2. The molecule has 3 rings (SSSR count). The molecule has 1 amide bonds. The molecular weight excluding hydrogens is 410 g/mol. The summed E-state index contributed by atoms with van der Waals surface area (Å²) in [4.78, 5) is 15.7. The normalized spacial score (nSPS) is 11.1. The fourth-order valence-electron chi connectivity index (χ4n) is 3.33. The summed E-state index contributed by atoms with van der Waals surface area (Å²) in [6, 6.07) is 9.85. The second-order valence-corrected chi connectivity index (χ2v) is 8.28. The van der Waals surface area contributed by atoms with Crippen molar-refractivity contribution < 1.29 is 14.3 Å². The first-order valence-corrected chi connectivity index (χ1v) is 11.1. The second kappa shape index (κ2) is 10.3. The number of aromatic nitrogens is 2. The topological polar surface area (TPSA) is 56.6 Å². The van der Waals surface area contributed by atoms with Gasteiger partial charge < -0.3 is 14.4 Å². The number of thiophene rings is 1. The van der Waals surface area contributed by atoms with Crippen molar-refractivity contribution in [3.05, 3.63) is 69.2 Å². The molecule has 2 aromatic heterocycles. The molecule has 0 aliphatic rings. The first-order valence-electron chi connectivity index (χ1n) is 10.2. The zero-order chi connectivity index (χ0) is 22.4. The highest BCUT2D eigenvalue weighted by atomic mass is 32.1. The van der Waals surface area contributed by atoms with Gasteiger partial charge in [-0.2, -0.15) is 5.10 Å². The van der Waals surface area contributed by atoms with Crippen LogP contribution in [0.25, 0.3) is 6.08 Å². The van der Waals surface area contributed by atoms with Crippen LogP contribution in [0.3, 0.4) is 0 Å². The number of rotatable bonds is 9. The number of carbonyl (C=O) groups is 1. The first-order chi connectivity index (χ1) is 14.9. The third-order valence-electron chi connectivity index (χ3n) is 5.20. The van der Waals surface area contributed by atoms with E-state index in [9.17, 15) is 4.79 Å². The van der Waals surface area contributed by atoms with Crippen molar-refractivity contribution in [3.8, 4) is 11.5 Å². The van der Waals surface area contributed by atoms with Gasteiger partial charge in [-0.3, -0.25) is 9.48 Å². The Morgan fingerprint density at radius 2 is 2.06 bits per heavy atom. The van der Waals surface area contributed by atoms with Crippen molar-refractivity contribution in [2.45, 2.75) is 33.9 Å². The molecule has 0 saturated carbocycles. The number of likely N-dealkylation sites (N-methyl/N-ethyl adjacent to an activating group) is 1. The zero-order valence-corrected chi connectivity index (χ0v) is 19.5. The second-order valence-electron chi connectivity index (χ2n) is 7.25. The Bertz CT molecular complexity index is 1050. The van der Waals surface area contributed by atoms with Gasteiger partial charge in [-0.1, -0.05) is 12.1 Å². The number of carbonyl (C=O) groups excluding carboxylic acids is 1. The summed E-state index contributed by atoms with van der Waals surface area (Å²) in [7, 11) is 3.53. The summed E-state index contributed by atoms with van der Waals surface area (Å²) in [5.74, 6) is 1.31. The summed E-state index contributed by atoms with van der Waals surface area (Å²) in [5.41, 5.74) is 3.92. The van der Waals surface area contributed by atoms with Gasteiger partial charge in [-0.15, -0.1) is 11.3 Å². The van der Waals surface area contributed by atoms with Crippen LogP contribution in [-0.2, 0) is 25.0 Å². The van der Waals surface area contributed by atoms with E-state index in [-0.39, 0.29) is 5.91 Å². The van der Waals surface area contributed by atoms with E-state index in [1.54, 1.807) is 29.4 Å². The molecule has 0 aliphatic carbocycles. The summed E-state index contributed by atoms with van der Waals surface area (Å²) in [5, 5.41) is 6.42. The van der Waals surface area contributed by atoms with Gasteiger partial charge in [0.2, 0.25) is 5.91 Å². The predicted octanol–water partition coefficient (Wildman–Crippen LogP) is 4.75. The highest BCUT2D eigenvalue weighted by Gasteiger charge is 2.13. The average molecular weight is 440 g/mol. The van der Waals surface area contributed by atoms with Crippen LogP contribution in [0.2, 0.25) is 0 Å². The molecule has 0 N–H and O–H groups in total. The van der Waals surface area contributed by atoms with Crippen molar-refractivity contribution in [1.29, 1.82) is 0 Å². The van der Waals surface area contributed by atoms with Gasteiger partial charge in [0.05, 0.1) is 12.8 Å². The van der Waals surface area contributed by atoms with Crippen LogP contribution >= 0.6 is 11.3 Å². The summed E-state index contributed by atoms with van der Waals surface area (Å²) in [6.45, 7) is 7.52. The Morgan fingerprint density at radius 1 is 1.26 bits per heavy atom. The summed E-state index contributed by atoms with van der Waals surface area (Å²) in [6.07, 6.45) is 3.47. The van der Waals surface area contributed by atoms with Crippen LogP contribution in [0.1, 0.15) is 34.3 Å². The Balaban J connectivity index is 1.68. The molecule has 0 fully saturated rings. The van der Waals surface area contributed by atoms with Gasteiger partial charge in [0, 0.05) is 42.3 Å². The monoisotopic (exact) mass is 439 g/mol. The van der Waals surface area contributed by atoms with Crippen molar-refractivity contribution in [2.24, 2.45) is 7.05 Å². The number of nitrogens with zero attached hydrogens (tertiary/aromatic N) is 3. The molecule has 0 atom stereocenters. The third kappa shape index (κ3) is 5.55. The van der Waals surface area contributed by atoms with E-state index >= 15 is 0 Å². The third-order valence-corrected chi connectivity index (χ3v) is 6.05. The van der Waals surface area contributed by atoms with E-state index in [1.807, 2.05) is 74.3 Å². The molecule has 7 heteroatoms. The molecule has 0 spiro atoms. The predicted molar refractivity (Wildman–Crippen MR) is 124 cm³/mol. The molecular formula is C24H29N3O3S. The smallest absolute Gasteiger partial charge is 0.246 e. The minimum absolute atomic E-state index is 0.0397. The Kier molecular flexibility index (Phi) is 7.52. The summed E-state index contributed by atoms with van der Waals surface area (Å²) >= 11 is 1.66. The molecule has 3 aromatic rings.